The molecule has 2 aromatic rings. The van der Waals surface area contributed by atoms with Gasteiger partial charge in [-0.1, -0.05) is 47.5 Å². The molecular formula is C32H40Cl2FN5O5. The third kappa shape index (κ3) is 8.32. The molecule has 0 saturated carbocycles. The van der Waals surface area contributed by atoms with E-state index < -0.39 is 35.3 Å². The van der Waals surface area contributed by atoms with E-state index in [2.05, 4.69) is 10.6 Å². The average molecular weight is 665 g/mol. The Kier molecular flexibility index (Phi) is 11.5. The molecule has 1 unspecified atom stereocenters. The van der Waals surface area contributed by atoms with Gasteiger partial charge >= 0.3 is 0 Å². The summed E-state index contributed by atoms with van der Waals surface area (Å²) in [4.78, 5) is 56.8. The van der Waals surface area contributed by atoms with Gasteiger partial charge in [-0.05, 0) is 69.3 Å². The number of rotatable bonds is 10. The summed E-state index contributed by atoms with van der Waals surface area (Å²) in [5, 5.41) is 15.4. The molecule has 0 spiro atoms. The Hall–Kier alpha value is -3.25. The van der Waals surface area contributed by atoms with Gasteiger partial charge in [-0.3, -0.25) is 19.2 Å². The SMILES string of the molecule is CC(C)(O)C1CCCCN1C(=O)CCC(=O)N1Cc2ccccc2C[C@H]1C(=O)N[C@@H](CCN)C(=O)Nc1ccc(Cl)c(Cl)c1F. The quantitative estimate of drug-likeness (QED) is 0.285. The fourth-order valence-corrected chi connectivity index (χ4v) is 6.34. The lowest BCUT2D eigenvalue weighted by Crippen LogP contribution is -2.56. The Balaban J connectivity index is 1.49. The van der Waals surface area contributed by atoms with Gasteiger partial charge in [0.15, 0.2) is 5.82 Å². The van der Waals surface area contributed by atoms with Crippen molar-refractivity contribution < 1.29 is 28.7 Å². The van der Waals surface area contributed by atoms with Crippen LogP contribution in [-0.2, 0) is 32.1 Å². The molecule has 1 fully saturated rings. The summed E-state index contributed by atoms with van der Waals surface area (Å²) in [6.07, 6.45) is 2.48. The third-order valence-electron chi connectivity index (χ3n) is 8.44. The van der Waals surface area contributed by atoms with Crippen LogP contribution in [0.1, 0.15) is 63.5 Å². The molecule has 2 aliphatic rings. The van der Waals surface area contributed by atoms with E-state index in [0.29, 0.717) is 13.0 Å². The van der Waals surface area contributed by atoms with Crippen LogP contribution in [0.25, 0.3) is 0 Å². The minimum absolute atomic E-state index is 0.0176. The van der Waals surface area contributed by atoms with Crippen molar-refractivity contribution in [2.24, 2.45) is 5.73 Å². The first-order chi connectivity index (χ1) is 21.3. The van der Waals surface area contributed by atoms with Crippen molar-refractivity contribution in [1.29, 1.82) is 0 Å². The summed E-state index contributed by atoms with van der Waals surface area (Å²) in [6.45, 7) is 4.08. The van der Waals surface area contributed by atoms with Crippen molar-refractivity contribution in [3.8, 4) is 0 Å². The van der Waals surface area contributed by atoms with E-state index in [9.17, 15) is 28.7 Å². The first kappa shape index (κ1) is 34.6. The molecule has 0 aromatic heterocycles. The molecule has 0 bridgehead atoms. The largest absolute Gasteiger partial charge is 0.388 e. The van der Waals surface area contributed by atoms with Crippen molar-refractivity contribution in [3.63, 3.8) is 0 Å². The first-order valence-corrected chi connectivity index (χ1v) is 15.9. The number of fused-ring (bicyclic) bond motifs is 1. The Morgan fingerprint density at radius 2 is 1.71 bits per heavy atom. The normalized spacial score (nSPS) is 19.0. The standard InChI is InChI=1S/C32H40Cl2FN5O5/c1-32(2,45)25-9-5-6-16-39(25)26(41)12-13-27(42)40-18-20-8-4-3-7-19(20)17-24(40)31(44)38-23(14-15-36)30(43)37-22-11-10-21(33)28(34)29(22)35/h3-4,7-8,10-11,23-25,45H,5-6,9,12-18,36H2,1-2H3,(H,37,43)(H,38,44)/t23-,24-,25?/m0/s1. The van der Waals surface area contributed by atoms with Crippen LogP contribution < -0.4 is 16.4 Å². The molecule has 5 N–H and O–H groups in total. The number of carbonyl (C=O) groups is 4. The van der Waals surface area contributed by atoms with E-state index in [1.807, 2.05) is 24.3 Å². The number of aliphatic hydroxyl groups is 1. The number of likely N-dealkylation sites (tertiary alicyclic amines) is 1. The van der Waals surface area contributed by atoms with Crippen LogP contribution in [0.15, 0.2) is 36.4 Å². The highest BCUT2D eigenvalue weighted by molar-refractivity contribution is 6.42. The molecule has 2 aliphatic heterocycles. The van der Waals surface area contributed by atoms with Crippen LogP contribution in [0, 0.1) is 5.82 Å². The summed E-state index contributed by atoms with van der Waals surface area (Å²) < 4.78 is 14.6. The topological polar surface area (TPSA) is 145 Å². The molecule has 1 saturated heterocycles. The summed E-state index contributed by atoms with van der Waals surface area (Å²) >= 11 is 11.7. The first-order valence-electron chi connectivity index (χ1n) is 15.1. The maximum Gasteiger partial charge on any atom is 0.247 e. The average Bonchev–Trinajstić information content (AvgIpc) is 3.02. The summed E-state index contributed by atoms with van der Waals surface area (Å²) in [6, 6.07) is 7.62. The Bertz CT molecular complexity index is 1440. The van der Waals surface area contributed by atoms with Crippen LogP contribution in [0.2, 0.25) is 10.0 Å². The number of nitrogens with two attached hydrogens (primary N) is 1. The zero-order chi connectivity index (χ0) is 32.9. The molecule has 2 aromatic carbocycles. The summed E-state index contributed by atoms with van der Waals surface area (Å²) in [5.74, 6) is -2.81. The number of nitrogens with one attached hydrogen (secondary N) is 2. The second-order valence-corrected chi connectivity index (χ2v) is 12.9. The molecule has 10 nitrogen and oxygen atoms in total. The highest BCUT2D eigenvalue weighted by atomic mass is 35.5. The minimum Gasteiger partial charge on any atom is -0.388 e. The lowest BCUT2D eigenvalue weighted by Gasteiger charge is -2.42. The van der Waals surface area contributed by atoms with E-state index in [1.54, 1.807) is 18.7 Å². The van der Waals surface area contributed by atoms with E-state index in [-0.39, 0.29) is 72.4 Å². The lowest BCUT2D eigenvalue weighted by molar-refractivity contribution is -0.147. The lowest BCUT2D eigenvalue weighted by atomic mass is 9.88. The number of nitrogens with zero attached hydrogens (tertiary/aromatic N) is 2. The number of anilines is 1. The molecule has 3 atom stereocenters. The van der Waals surface area contributed by atoms with Gasteiger partial charge < -0.3 is 31.3 Å². The number of benzene rings is 2. The minimum atomic E-state index is -1.13. The number of hydrogen-bond donors (Lipinski definition) is 4. The van der Waals surface area contributed by atoms with E-state index in [0.717, 1.165) is 24.0 Å². The summed E-state index contributed by atoms with van der Waals surface area (Å²) in [5.41, 5.74) is 6.22. The van der Waals surface area contributed by atoms with Crippen molar-refractivity contribution >= 4 is 52.5 Å². The molecule has 4 amide bonds. The fraction of sp³-hybridized carbons (Fsp3) is 0.500. The van der Waals surface area contributed by atoms with Crippen molar-refractivity contribution in [3.05, 3.63) is 63.4 Å². The van der Waals surface area contributed by atoms with E-state index >= 15 is 0 Å². The van der Waals surface area contributed by atoms with E-state index in [1.165, 1.54) is 17.0 Å². The van der Waals surface area contributed by atoms with Gasteiger partial charge in [0.2, 0.25) is 23.6 Å². The van der Waals surface area contributed by atoms with Gasteiger partial charge in [0.25, 0.3) is 0 Å². The zero-order valence-electron chi connectivity index (χ0n) is 25.5. The predicted octanol–water partition coefficient (Wildman–Crippen LogP) is 3.79. The van der Waals surface area contributed by atoms with Gasteiger partial charge in [-0.15, -0.1) is 0 Å². The van der Waals surface area contributed by atoms with Crippen molar-refractivity contribution in [1.82, 2.24) is 15.1 Å². The van der Waals surface area contributed by atoms with Gasteiger partial charge in [-0.25, -0.2) is 4.39 Å². The molecule has 45 heavy (non-hydrogen) atoms. The second-order valence-electron chi connectivity index (χ2n) is 12.1. The molecular weight excluding hydrogens is 624 g/mol. The van der Waals surface area contributed by atoms with Crippen LogP contribution in [0.3, 0.4) is 0 Å². The smallest absolute Gasteiger partial charge is 0.247 e. The number of halogens is 3. The maximum absolute atomic E-state index is 14.6. The molecule has 2 heterocycles. The summed E-state index contributed by atoms with van der Waals surface area (Å²) in [7, 11) is 0. The molecule has 0 radical (unpaired) electrons. The maximum atomic E-state index is 14.6. The highest BCUT2D eigenvalue weighted by Crippen LogP contribution is 2.31. The van der Waals surface area contributed by atoms with Crippen LogP contribution in [-0.4, -0.2) is 75.4 Å². The second kappa shape index (κ2) is 14.9. The van der Waals surface area contributed by atoms with Gasteiger partial charge in [0.1, 0.15) is 12.1 Å². The van der Waals surface area contributed by atoms with Crippen molar-refractivity contribution in [2.45, 2.75) is 89.1 Å². The van der Waals surface area contributed by atoms with Gasteiger partial charge in [0.05, 0.1) is 27.4 Å². The van der Waals surface area contributed by atoms with Crippen LogP contribution in [0.4, 0.5) is 10.1 Å². The van der Waals surface area contributed by atoms with Gasteiger partial charge in [-0.2, -0.15) is 0 Å². The predicted molar refractivity (Wildman–Crippen MR) is 170 cm³/mol. The van der Waals surface area contributed by atoms with Crippen molar-refractivity contribution in [2.75, 3.05) is 18.4 Å². The van der Waals surface area contributed by atoms with Crippen LogP contribution in [0.5, 0.6) is 0 Å². The Morgan fingerprint density at radius 3 is 2.38 bits per heavy atom. The number of hydrogen-bond acceptors (Lipinski definition) is 6. The number of carbonyl (C=O) groups excluding carboxylic acids is 4. The monoisotopic (exact) mass is 663 g/mol. The van der Waals surface area contributed by atoms with Crippen LogP contribution >= 0.6 is 23.2 Å². The third-order valence-corrected chi connectivity index (χ3v) is 9.23. The number of piperidine rings is 1. The fourth-order valence-electron chi connectivity index (χ4n) is 6.03. The highest BCUT2D eigenvalue weighted by Gasteiger charge is 2.39. The van der Waals surface area contributed by atoms with E-state index in [4.69, 9.17) is 28.9 Å². The molecule has 4 rings (SSSR count). The van der Waals surface area contributed by atoms with Gasteiger partial charge in [0, 0.05) is 32.4 Å². The zero-order valence-corrected chi connectivity index (χ0v) is 27.0. The molecule has 244 valence electrons. The Morgan fingerprint density at radius 1 is 1.04 bits per heavy atom. The molecule has 0 aliphatic carbocycles. The Labute approximate surface area is 272 Å². The number of amides is 4. The molecule has 13 heteroatoms.